The first-order chi connectivity index (χ1) is 10.1. The van der Waals surface area contributed by atoms with E-state index in [0.29, 0.717) is 6.61 Å². The van der Waals surface area contributed by atoms with E-state index < -0.39 is 6.10 Å². The van der Waals surface area contributed by atoms with Crippen LogP contribution in [0.4, 0.5) is 0 Å². The molecule has 21 heavy (non-hydrogen) atoms. The molecule has 3 heteroatoms. The van der Waals surface area contributed by atoms with Crippen molar-refractivity contribution in [3.63, 3.8) is 0 Å². The van der Waals surface area contributed by atoms with Crippen molar-refractivity contribution in [1.29, 1.82) is 0 Å². The van der Waals surface area contributed by atoms with Crippen LogP contribution in [-0.4, -0.2) is 18.3 Å². The van der Waals surface area contributed by atoms with Gasteiger partial charge >= 0.3 is 0 Å². The number of aryl methyl sites for hydroxylation is 2. The summed E-state index contributed by atoms with van der Waals surface area (Å²) in [6.45, 7) is 6.92. The molecule has 3 nitrogen and oxygen atoms in total. The van der Waals surface area contributed by atoms with E-state index >= 15 is 0 Å². The number of aliphatic hydroxyl groups is 1. The van der Waals surface area contributed by atoms with Crippen molar-refractivity contribution < 1.29 is 14.6 Å². The van der Waals surface area contributed by atoms with Crippen molar-refractivity contribution in [2.75, 3.05) is 13.2 Å². The van der Waals surface area contributed by atoms with Crippen molar-refractivity contribution in [3.8, 4) is 11.5 Å². The zero-order chi connectivity index (χ0) is 15.2. The lowest BCUT2D eigenvalue weighted by Gasteiger charge is -2.14. The summed E-state index contributed by atoms with van der Waals surface area (Å²) in [6, 6.07) is 13.4. The van der Waals surface area contributed by atoms with Gasteiger partial charge < -0.3 is 14.6 Å². The third-order valence-electron chi connectivity index (χ3n) is 3.46. The lowest BCUT2D eigenvalue weighted by molar-refractivity contribution is 0.108. The van der Waals surface area contributed by atoms with Gasteiger partial charge in [-0.25, -0.2) is 0 Å². The summed E-state index contributed by atoms with van der Waals surface area (Å²) >= 11 is 0. The number of hydrogen-bond donors (Lipinski definition) is 1. The van der Waals surface area contributed by atoms with Gasteiger partial charge in [0.1, 0.15) is 24.2 Å². The zero-order valence-corrected chi connectivity index (χ0v) is 12.8. The molecule has 0 saturated carbocycles. The number of rotatable bonds is 6. The first-order valence-corrected chi connectivity index (χ1v) is 7.21. The maximum absolute atomic E-state index is 10.2. The normalized spacial score (nSPS) is 12.0. The fourth-order valence-electron chi connectivity index (χ4n) is 2.03. The fraction of sp³-hybridized carbons (Fsp3) is 0.333. The summed E-state index contributed by atoms with van der Waals surface area (Å²) in [5, 5.41) is 10.2. The average molecular weight is 286 g/mol. The molecule has 1 N–H and O–H groups in total. The quantitative estimate of drug-likeness (QED) is 0.877. The van der Waals surface area contributed by atoms with Gasteiger partial charge in [0.05, 0.1) is 6.61 Å². The second-order valence-corrected chi connectivity index (χ2v) is 5.07. The predicted octanol–water partition coefficient (Wildman–Crippen LogP) is 3.81. The maximum Gasteiger partial charge on any atom is 0.119 e. The third kappa shape index (κ3) is 4.23. The predicted molar refractivity (Wildman–Crippen MR) is 84.0 cm³/mol. The molecule has 2 rings (SSSR count). The Balaban J connectivity index is 1.94. The van der Waals surface area contributed by atoms with Gasteiger partial charge in [0, 0.05) is 0 Å². The topological polar surface area (TPSA) is 38.7 Å². The first kappa shape index (κ1) is 15.4. The molecule has 1 unspecified atom stereocenters. The minimum atomic E-state index is -0.651. The van der Waals surface area contributed by atoms with Crippen LogP contribution in [0.5, 0.6) is 11.5 Å². The second kappa shape index (κ2) is 7.14. The smallest absolute Gasteiger partial charge is 0.119 e. The van der Waals surface area contributed by atoms with Crippen LogP contribution in [-0.2, 0) is 0 Å². The monoisotopic (exact) mass is 286 g/mol. The van der Waals surface area contributed by atoms with Crippen LogP contribution >= 0.6 is 0 Å². The number of aliphatic hydroxyl groups excluding tert-OH is 1. The van der Waals surface area contributed by atoms with E-state index in [1.54, 1.807) is 0 Å². The van der Waals surface area contributed by atoms with Crippen LogP contribution in [0.15, 0.2) is 42.5 Å². The third-order valence-corrected chi connectivity index (χ3v) is 3.46. The SMILES string of the molecule is CCOc1ccc(C(O)COc2ccc(C)c(C)c2)cc1. The summed E-state index contributed by atoms with van der Waals surface area (Å²) in [4.78, 5) is 0. The van der Waals surface area contributed by atoms with Gasteiger partial charge in [-0.2, -0.15) is 0 Å². The maximum atomic E-state index is 10.2. The van der Waals surface area contributed by atoms with E-state index in [-0.39, 0.29) is 6.61 Å². The summed E-state index contributed by atoms with van der Waals surface area (Å²) < 4.78 is 11.0. The Morgan fingerprint density at radius 3 is 2.19 bits per heavy atom. The first-order valence-electron chi connectivity index (χ1n) is 7.21. The summed E-state index contributed by atoms with van der Waals surface area (Å²) in [5.74, 6) is 1.59. The van der Waals surface area contributed by atoms with Gasteiger partial charge in [0.2, 0.25) is 0 Å². The largest absolute Gasteiger partial charge is 0.494 e. The van der Waals surface area contributed by atoms with E-state index in [1.165, 1.54) is 11.1 Å². The van der Waals surface area contributed by atoms with Crippen molar-refractivity contribution in [2.45, 2.75) is 26.9 Å². The summed E-state index contributed by atoms with van der Waals surface area (Å²) in [7, 11) is 0. The Hall–Kier alpha value is -2.00. The van der Waals surface area contributed by atoms with Gasteiger partial charge in [-0.3, -0.25) is 0 Å². The fourth-order valence-corrected chi connectivity index (χ4v) is 2.03. The van der Waals surface area contributed by atoms with Crippen LogP contribution in [0.3, 0.4) is 0 Å². The van der Waals surface area contributed by atoms with Crippen LogP contribution in [0.1, 0.15) is 29.7 Å². The molecule has 0 aliphatic carbocycles. The Labute approximate surface area is 126 Å². The Kier molecular flexibility index (Phi) is 5.23. The molecule has 112 valence electrons. The molecule has 0 saturated heterocycles. The molecular weight excluding hydrogens is 264 g/mol. The molecule has 1 atom stereocenters. The van der Waals surface area contributed by atoms with Gasteiger partial charge in [0.25, 0.3) is 0 Å². The number of ether oxygens (including phenoxy) is 2. The molecule has 0 fully saturated rings. The lowest BCUT2D eigenvalue weighted by Crippen LogP contribution is -2.09. The van der Waals surface area contributed by atoms with Crippen molar-refractivity contribution >= 4 is 0 Å². The highest BCUT2D eigenvalue weighted by Gasteiger charge is 2.09. The molecule has 0 spiro atoms. The molecule has 0 amide bonds. The molecule has 0 heterocycles. The molecule has 0 radical (unpaired) electrons. The molecule has 2 aromatic carbocycles. The van der Waals surface area contributed by atoms with Crippen LogP contribution in [0, 0.1) is 13.8 Å². The van der Waals surface area contributed by atoms with Gasteiger partial charge in [-0.1, -0.05) is 18.2 Å². The highest BCUT2D eigenvalue weighted by atomic mass is 16.5. The number of benzene rings is 2. The Morgan fingerprint density at radius 2 is 1.57 bits per heavy atom. The van der Waals surface area contributed by atoms with Crippen LogP contribution in [0.2, 0.25) is 0 Å². The highest BCUT2D eigenvalue weighted by molar-refractivity contribution is 5.34. The minimum Gasteiger partial charge on any atom is -0.494 e. The second-order valence-electron chi connectivity index (χ2n) is 5.07. The summed E-state index contributed by atoms with van der Waals surface area (Å²) in [6.07, 6.45) is -0.651. The molecule has 0 aromatic heterocycles. The molecule has 0 aliphatic heterocycles. The Morgan fingerprint density at radius 1 is 0.905 bits per heavy atom. The van der Waals surface area contributed by atoms with Crippen molar-refractivity contribution in [1.82, 2.24) is 0 Å². The standard InChI is InChI=1S/C18H22O3/c1-4-20-16-9-6-15(7-10-16)18(19)12-21-17-8-5-13(2)14(3)11-17/h5-11,18-19H,4,12H2,1-3H3. The van der Waals surface area contributed by atoms with E-state index in [1.807, 2.05) is 56.3 Å². The minimum absolute atomic E-state index is 0.233. The van der Waals surface area contributed by atoms with E-state index in [0.717, 1.165) is 17.1 Å². The van der Waals surface area contributed by atoms with Crippen LogP contribution in [0.25, 0.3) is 0 Å². The molecule has 2 aromatic rings. The van der Waals surface area contributed by atoms with E-state index in [9.17, 15) is 5.11 Å². The highest BCUT2D eigenvalue weighted by Crippen LogP contribution is 2.21. The summed E-state index contributed by atoms with van der Waals surface area (Å²) in [5.41, 5.74) is 3.24. The molecule has 0 bridgehead atoms. The zero-order valence-electron chi connectivity index (χ0n) is 12.8. The molecular formula is C18H22O3. The van der Waals surface area contributed by atoms with E-state index in [4.69, 9.17) is 9.47 Å². The van der Waals surface area contributed by atoms with Crippen molar-refractivity contribution in [2.24, 2.45) is 0 Å². The van der Waals surface area contributed by atoms with Gasteiger partial charge in [-0.15, -0.1) is 0 Å². The number of hydrogen-bond acceptors (Lipinski definition) is 3. The van der Waals surface area contributed by atoms with Gasteiger partial charge in [0.15, 0.2) is 0 Å². The Bertz CT molecular complexity index is 576. The van der Waals surface area contributed by atoms with Gasteiger partial charge in [-0.05, 0) is 61.7 Å². The van der Waals surface area contributed by atoms with Crippen molar-refractivity contribution in [3.05, 3.63) is 59.2 Å². The van der Waals surface area contributed by atoms with E-state index in [2.05, 4.69) is 6.92 Å². The average Bonchev–Trinajstić information content (AvgIpc) is 2.49. The lowest BCUT2D eigenvalue weighted by atomic mass is 10.1. The van der Waals surface area contributed by atoms with Crippen LogP contribution < -0.4 is 9.47 Å². The molecule has 0 aliphatic rings.